The summed E-state index contributed by atoms with van der Waals surface area (Å²) in [6.07, 6.45) is 0.448. The molecule has 1 heterocycles. The van der Waals surface area contributed by atoms with Crippen molar-refractivity contribution in [1.29, 1.82) is 0 Å². The second-order valence-electron chi connectivity index (χ2n) is 10.6. The molecule has 0 aliphatic carbocycles. The van der Waals surface area contributed by atoms with Gasteiger partial charge in [0.1, 0.15) is 17.2 Å². The highest BCUT2D eigenvalue weighted by Gasteiger charge is 2.17. The van der Waals surface area contributed by atoms with Crippen LogP contribution in [0.15, 0.2) is 66.7 Å². The summed E-state index contributed by atoms with van der Waals surface area (Å²) in [4.78, 5) is 14.3. The number of hydrogen-bond donors (Lipinski definition) is 2. The molecule has 0 aliphatic rings. The van der Waals surface area contributed by atoms with E-state index in [9.17, 15) is 9.18 Å². The van der Waals surface area contributed by atoms with Crippen LogP contribution in [0.25, 0.3) is 22.0 Å². The molecule has 0 atom stereocenters. The van der Waals surface area contributed by atoms with Crippen LogP contribution in [0, 0.1) is 5.82 Å². The van der Waals surface area contributed by atoms with Crippen molar-refractivity contribution in [3.8, 4) is 11.1 Å². The molecule has 4 rings (SSSR count). The number of nitrogens with zero attached hydrogens (tertiary/aromatic N) is 3. The second-order valence-corrected chi connectivity index (χ2v) is 10.6. The van der Waals surface area contributed by atoms with Crippen LogP contribution < -0.4 is 10.6 Å². The fraction of sp³-hybridized carbons (Fsp3) is 0.333. The minimum Gasteiger partial charge on any atom is -0.444 e. The summed E-state index contributed by atoms with van der Waals surface area (Å²) in [7, 11) is 4.11. The van der Waals surface area contributed by atoms with Crippen molar-refractivity contribution >= 4 is 28.5 Å². The maximum atomic E-state index is 14.4. The Morgan fingerprint density at radius 3 is 2.58 bits per heavy atom. The first-order chi connectivity index (χ1) is 18.1. The van der Waals surface area contributed by atoms with Crippen LogP contribution in [0.4, 0.5) is 20.7 Å². The van der Waals surface area contributed by atoms with E-state index in [1.165, 1.54) is 6.07 Å². The molecule has 3 aromatic carbocycles. The number of aryl methyl sites for hydroxylation is 1. The quantitative estimate of drug-likeness (QED) is 0.257. The highest BCUT2D eigenvalue weighted by atomic mass is 19.1. The lowest BCUT2D eigenvalue weighted by molar-refractivity contribution is 0.0636. The number of carbonyl (C=O) groups excluding carboxylic acids is 1. The lowest BCUT2D eigenvalue weighted by Crippen LogP contribution is -2.27. The van der Waals surface area contributed by atoms with E-state index in [1.807, 2.05) is 74.0 Å². The van der Waals surface area contributed by atoms with Crippen molar-refractivity contribution in [3.63, 3.8) is 0 Å². The molecule has 7 nitrogen and oxygen atoms in total. The monoisotopic (exact) mass is 517 g/mol. The van der Waals surface area contributed by atoms with E-state index < -0.39 is 11.7 Å². The first-order valence-corrected chi connectivity index (χ1v) is 12.8. The molecular formula is C30H36FN5O2. The number of halogens is 1. The first-order valence-electron chi connectivity index (χ1n) is 12.8. The number of ether oxygens (including phenoxy) is 1. The van der Waals surface area contributed by atoms with Crippen LogP contribution >= 0.6 is 0 Å². The zero-order valence-electron chi connectivity index (χ0n) is 22.7. The molecule has 4 aromatic rings. The van der Waals surface area contributed by atoms with Gasteiger partial charge < -0.3 is 15.0 Å². The number of nitrogens with one attached hydrogen (secondary N) is 2. The van der Waals surface area contributed by atoms with E-state index in [-0.39, 0.29) is 5.82 Å². The summed E-state index contributed by atoms with van der Waals surface area (Å²) >= 11 is 0. The Bertz CT molecular complexity index is 1410. The Kier molecular flexibility index (Phi) is 8.32. The van der Waals surface area contributed by atoms with Crippen molar-refractivity contribution in [1.82, 2.24) is 14.7 Å². The Hall–Kier alpha value is -3.91. The number of carbonyl (C=O) groups is 1. The second kappa shape index (κ2) is 11.6. The first kappa shape index (κ1) is 27.1. The predicted octanol–water partition coefficient (Wildman–Crippen LogP) is 6.75. The molecule has 0 fully saturated rings. The van der Waals surface area contributed by atoms with Gasteiger partial charge in [-0.2, -0.15) is 5.10 Å². The molecule has 0 radical (unpaired) electrons. The van der Waals surface area contributed by atoms with Crippen molar-refractivity contribution < 1.29 is 13.9 Å². The molecule has 0 aliphatic heterocycles. The highest BCUT2D eigenvalue weighted by Crippen LogP contribution is 2.30. The maximum absolute atomic E-state index is 14.4. The number of anilines is 2. The van der Waals surface area contributed by atoms with Crippen molar-refractivity contribution in [2.24, 2.45) is 0 Å². The summed E-state index contributed by atoms with van der Waals surface area (Å²) in [6, 6.07) is 20.3. The van der Waals surface area contributed by atoms with Crippen LogP contribution in [-0.4, -0.2) is 47.0 Å². The lowest BCUT2D eigenvalue weighted by atomic mass is 10.0. The number of fused-ring (bicyclic) bond motifs is 1. The van der Waals surface area contributed by atoms with Crippen molar-refractivity contribution in [2.45, 2.75) is 45.9 Å². The Morgan fingerprint density at radius 1 is 1.05 bits per heavy atom. The summed E-state index contributed by atoms with van der Waals surface area (Å²) in [6.45, 7) is 7.71. The third-order valence-electron chi connectivity index (χ3n) is 5.93. The van der Waals surface area contributed by atoms with Gasteiger partial charge in [-0.05, 0) is 89.3 Å². The van der Waals surface area contributed by atoms with Gasteiger partial charge in [0, 0.05) is 29.7 Å². The molecule has 1 amide bonds. The molecule has 0 bridgehead atoms. The molecule has 8 heteroatoms. The summed E-state index contributed by atoms with van der Waals surface area (Å²) < 4.78 is 21.8. The van der Waals surface area contributed by atoms with E-state index in [4.69, 9.17) is 9.84 Å². The SMILES string of the molecule is CN(C)CCCn1nc2cc(-c3ccccc3F)ccc2c1NCc1cccc(NC(=O)OC(C)(C)C)c1. The van der Waals surface area contributed by atoms with Crippen LogP contribution in [0.5, 0.6) is 0 Å². The lowest BCUT2D eigenvalue weighted by Gasteiger charge is -2.19. The van der Waals surface area contributed by atoms with E-state index in [0.717, 1.165) is 47.4 Å². The van der Waals surface area contributed by atoms with Crippen LogP contribution in [-0.2, 0) is 17.8 Å². The Labute approximate surface area is 223 Å². The van der Waals surface area contributed by atoms with Crippen LogP contribution in [0.3, 0.4) is 0 Å². The number of amides is 1. The third-order valence-corrected chi connectivity index (χ3v) is 5.93. The van der Waals surface area contributed by atoms with E-state index >= 15 is 0 Å². The summed E-state index contributed by atoms with van der Waals surface area (Å²) in [5.74, 6) is 0.653. The molecule has 1 aromatic heterocycles. The number of benzene rings is 3. The van der Waals surface area contributed by atoms with Gasteiger partial charge in [-0.1, -0.05) is 36.4 Å². The topological polar surface area (TPSA) is 71.4 Å². The molecule has 0 saturated heterocycles. The minimum absolute atomic E-state index is 0.254. The summed E-state index contributed by atoms with van der Waals surface area (Å²) in [5.41, 5.74) is 3.24. The zero-order chi connectivity index (χ0) is 27.3. The zero-order valence-corrected chi connectivity index (χ0v) is 22.7. The van der Waals surface area contributed by atoms with Gasteiger partial charge in [0.2, 0.25) is 0 Å². The van der Waals surface area contributed by atoms with E-state index in [2.05, 4.69) is 29.6 Å². The van der Waals surface area contributed by atoms with Crippen LogP contribution in [0.1, 0.15) is 32.8 Å². The highest BCUT2D eigenvalue weighted by molar-refractivity contribution is 5.93. The third kappa shape index (κ3) is 7.10. The van der Waals surface area contributed by atoms with E-state index in [0.29, 0.717) is 17.8 Å². The number of hydrogen-bond acceptors (Lipinski definition) is 5. The molecule has 0 saturated carbocycles. The van der Waals surface area contributed by atoms with Gasteiger partial charge in [0.15, 0.2) is 0 Å². The average molecular weight is 518 g/mol. The maximum Gasteiger partial charge on any atom is 0.412 e. The Balaban J connectivity index is 1.57. The fourth-order valence-electron chi connectivity index (χ4n) is 4.25. The van der Waals surface area contributed by atoms with Gasteiger partial charge in [-0.3, -0.25) is 5.32 Å². The Morgan fingerprint density at radius 2 is 1.84 bits per heavy atom. The predicted molar refractivity (Wildman–Crippen MR) is 152 cm³/mol. The molecule has 200 valence electrons. The number of aromatic nitrogens is 2. The molecule has 2 N–H and O–H groups in total. The van der Waals surface area contributed by atoms with Crippen molar-refractivity contribution in [2.75, 3.05) is 31.3 Å². The average Bonchev–Trinajstić information content (AvgIpc) is 3.18. The molecule has 0 unspecified atom stereocenters. The normalized spacial score (nSPS) is 11.7. The number of rotatable bonds is 9. The largest absolute Gasteiger partial charge is 0.444 e. The smallest absolute Gasteiger partial charge is 0.412 e. The van der Waals surface area contributed by atoms with E-state index in [1.54, 1.807) is 12.1 Å². The molecular weight excluding hydrogens is 481 g/mol. The minimum atomic E-state index is -0.568. The molecule has 38 heavy (non-hydrogen) atoms. The standard InChI is InChI=1S/C30H36FN5O2/c1-30(2,3)38-29(37)33-23-11-8-10-21(18-23)20-32-28-25-15-14-22(24-12-6-7-13-26(24)31)19-27(25)34-36(28)17-9-16-35(4)5/h6-8,10-15,18-19,32H,9,16-17,20H2,1-5H3,(H,33,37). The van der Waals surface area contributed by atoms with Gasteiger partial charge in [-0.25, -0.2) is 13.9 Å². The van der Waals surface area contributed by atoms with Gasteiger partial charge in [0.05, 0.1) is 5.52 Å². The molecule has 0 spiro atoms. The summed E-state index contributed by atoms with van der Waals surface area (Å²) in [5, 5.41) is 12.2. The van der Waals surface area contributed by atoms with Crippen LogP contribution in [0.2, 0.25) is 0 Å². The van der Waals surface area contributed by atoms with Gasteiger partial charge in [0.25, 0.3) is 0 Å². The van der Waals surface area contributed by atoms with Gasteiger partial charge in [-0.15, -0.1) is 0 Å². The van der Waals surface area contributed by atoms with Crippen molar-refractivity contribution in [3.05, 3.63) is 78.1 Å². The van der Waals surface area contributed by atoms with Gasteiger partial charge >= 0.3 is 6.09 Å². The fourth-order valence-corrected chi connectivity index (χ4v) is 4.25.